The van der Waals surface area contributed by atoms with Crippen LogP contribution in [-0.2, 0) is 27.8 Å². The summed E-state index contributed by atoms with van der Waals surface area (Å²) in [4.78, 5) is 26.8. The maximum Gasteiger partial charge on any atom is 0.248 e. The minimum Gasteiger partial charge on any atom is -0.382 e. The van der Waals surface area contributed by atoms with Gasteiger partial charge in [0.2, 0.25) is 11.8 Å². The van der Waals surface area contributed by atoms with Crippen LogP contribution in [0.2, 0.25) is 0 Å². The largest absolute Gasteiger partial charge is 0.382 e. The van der Waals surface area contributed by atoms with E-state index >= 15 is 0 Å². The van der Waals surface area contributed by atoms with Gasteiger partial charge in [0.15, 0.2) is 0 Å². The maximum atomic E-state index is 12.7. The van der Waals surface area contributed by atoms with E-state index in [1.165, 1.54) is 0 Å². The predicted octanol–water partition coefficient (Wildman–Crippen LogP) is 0.415. The van der Waals surface area contributed by atoms with Crippen LogP contribution in [0.4, 0.5) is 0 Å². The van der Waals surface area contributed by atoms with E-state index in [0.29, 0.717) is 25.8 Å². The Morgan fingerprint density at radius 2 is 2.22 bits per heavy atom. The van der Waals surface area contributed by atoms with Gasteiger partial charge in [0.05, 0.1) is 12.8 Å². The third-order valence-corrected chi connectivity index (χ3v) is 4.77. The first kappa shape index (κ1) is 17.5. The molecule has 7 heteroatoms. The highest BCUT2D eigenvalue weighted by molar-refractivity contribution is 5.92. The zero-order valence-electron chi connectivity index (χ0n) is 14.4. The van der Waals surface area contributed by atoms with Gasteiger partial charge in [-0.05, 0) is 31.7 Å². The Kier molecular flexibility index (Phi) is 5.41. The lowest BCUT2D eigenvalue weighted by Gasteiger charge is -2.36. The lowest BCUT2D eigenvalue weighted by molar-refractivity contribution is -0.148. The molecule has 0 aliphatic carbocycles. The summed E-state index contributed by atoms with van der Waals surface area (Å²) in [5, 5.41) is 6.88. The molecule has 0 spiro atoms. The van der Waals surface area contributed by atoms with E-state index in [1.54, 1.807) is 29.9 Å². The summed E-state index contributed by atoms with van der Waals surface area (Å²) in [5.41, 5.74) is 1.26. The number of carbonyl (C=O) groups excluding carboxylic acids is 2. The fourth-order valence-electron chi connectivity index (χ4n) is 3.33. The van der Waals surface area contributed by atoms with Crippen molar-refractivity contribution in [3.63, 3.8) is 0 Å². The van der Waals surface area contributed by atoms with E-state index in [4.69, 9.17) is 4.74 Å². The Balaban J connectivity index is 2.10. The zero-order valence-corrected chi connectivity index (χ0v) is 14.4. The van der Waals surface area contributed by atoms with Crippen LogP contribution in [0, 0.1) is 6.92 Å². The topological polar surface area (TPSA) is 76.5 Å². The number of nitrogens with zero attached hydrogens (tertiary/aromatic N) is 3. The van der Waals surface area contributed by atoms with Crippen molar-refractivity contribution >= 4 is 11.8 Å². The first-order valence-corrected chi connectivity index (χ1v) is 7.95. The van der Waals surface area contributed by atoms with E-state index in [2.05, 4.69) is 10.4 Å². The second-order valence-corrected chi connectivity index (χ2v) is 6.07. The first-order chi connectivity index (χ1) is 11.0. The van der Waals surface area contributed by atoms with Gasteiger partial charge < -0.3 is 15.0 Å². The van der Waals surface area contributed by atoms with Crippen molar-refractivity contribution < 1.29 is 14.3 Å². The number of carbonyl (C=O) groups is 2. The van der Waals surface area contributed by atoms with E-state index in [-0.39, 0.29) is 18.4 Å². The van der Waals surface area contributed by atoms with Gasteiger partial charge in [0, 0.05) is 39.9 Å². The van der Waals surface area contributed by atoms with E-state index in [9.17, 15) is 9.59 Å². The molecule has 1 N–H and O–H groups in total. The first-order valence-electron chi connectivity index (χ1n) is 7.95. The fraction of sp³-hybridized carbons (Fsp3) is 0.688. The molecule has 0 aromatic carbocycles. The number of amides is 2. The maximum absolute atomic E-state index is 12.7. The molecule has 1 aliphatic heterocycles. The second kappa shape index (κ2) is 7.12. The molecule has 7 nitrogen and oxygen atoms in total. The number of likely N-dealkylation sites (N-methyl/N-ethyl adjacent to an activating group) is 1. The third kappa shape index (κ3) is 3.24. The van der Waals surface area contributed by atoms with Gasteiger partial charge in [-0.1, -0.05) is 0 Å². The molecule has 1 aromatic rings. The molecule has 1 fully saturated rings. The standard InChI is InChI=1S/C16H26N4O3/c1-12-13(10-18-19(12)3)6-7-14(21)20-9-5-8-16(20,11-23-4)15(22)17-2/h10H,5-9,11H2,1-4H3,(H,17,22). The van der Waals surface area contributed by atoms with Crippen LogP contribution in [0.25, 0.3) is 0 Å². The molecule has 2 rings (SSSR count). The normalized spacial score (nSPS) is 20.8. The molecule has 1 unspecified atom stereocenters. The van der Waals surface area contributed by atoms with Gasteiger partial charge in [0.1, 0.15) is 5.54 Å². The average Bonchev–Trinajstić information content (AvgIpc) is 3.10. The summed E-state index contributed by atoms with van der Waals surface area (Å²) in [6, 6.07) is 0. The smallest absolute Gasteiger partial charge is 0.248 e. The monoisotopic (exact) mass is 322 g/mol. The van der Waals surface area contributed by atoms with Gasteiger partial charge in [-0.3, -0.25) is 14.3 Å². The van der Waals surface area contributed by atoms with Gasteiger partial charge in [-0.15, -0.1) is 0 Å². The minimum absolute atomic E-state index is 0.00796. The number of aryl methyl sites for hydroxylation is 2. The molecule has 23 heavy (non-hydrogen) atoms. The fourth-order valence-corrected chi connectivity index (χ4v) is 3.33. The van der Waals surface area contributed by atoms with Gasteiger partial charge in [-0.2, -0.15) is 5.10 Å². The van der Waals surface area contributed by atoms with Crippen LogP contribution in [0.3, 0.4) is 0 Å². The minimum atomic E-state index is -0.870. The molecular weight excluding hydrogens is 296 g/mol. The summed E-state index contributed by atoms with van der Waals surface area (Å²) in [7, 11) is 5.04. The summed E-state index contributed by atoms with van der Waals surface area (Å²) in [5.74, 6) is -0.158. The Labute approximate surface area is 137 Å². The third-order valence-electron chi connectivity index (χ3n) is 4.77. The van der Waals surface area contributed by atoms with Gasteiger partial charge in [-0.25, -0.2) is 0 Å². The highest BCUT2D eigenvalue weighted by Gasteiger charge is 2.49. The summed E-state index contributed by atoms with van der Waals surface area (Å²) < 4.78 is 7.05. The Morgan fingerprint density at radius 1 is 1.48 bits per heavy atom. The Bertz CT molecular complexity index is 584. The highest BCUT2D eigenvalue weighted by Crippen LogP contribution is 2.31. The second-order valence-electron chi connectivity index (χ2n) is 6.07. The lowest BCUT2D eigenvalue weighted by Crippen LogP contribution is -2.59. The molecule has 1 aliphatic rings. The number of aromatic nitrogens is 2. The summed E-state index contributed by atoms with van der Waals surface area (Å²) in [6.07, 6.45) is 4.25. The highest BCUT2D eigenvalue weighted by atomic mass is 16.5. The van der Waals surface area contributed by atoms with Gasteiger partial charge in [0.25, 0.3) is 0 Å². The van der Waals surface area contributed by atoms with Crippen LogP contribution >= 0.6 is 0 Å². The number of rotatable bonds is 6. The Morgan fingerprint density at radius 3 is 2.78 bits per heavy atom. The number of ether oxygens (including phenoxy) is 1. The van der Waals surface area contributed by atoms with Crippen molar-refractivity contribution in [1.82, 2.24) is 20.0 Å². The van der Waals surface area contributed by atoms with Crippen LogP contribution in [0.1, 0.15) is 30.5 Å². The summed E-state index contributed by atoms with van der Waals surface area (Å²) >= 11 is 0. The molecule has 0 bridgehead atoms. The molecule has 2 amide bonds. The van der Waals surface area contributed by atoms with Crippen LogP contribution < -0.4 is 5.32 Å². The number of likely N-dealkylation sites (tertiary alicyclic amines) is 1. The van der Waals surface area contributed by atoms with Crippen molar-refractivity contribution in [3.8, 4) is 0 Å². The van der Waals surface area contributed by atoms with Crippen molar-refractivity contribution in [1.29, 1.82) is 0 Å². The number of hydrogen-bond donors (Lipinski definition) is 1. The van der Waals surface area contributed by atoms with Crippen molar-refractivity contribution in [3.05, 3.63) is 17.5 Å². The molecule has 1 aromatic heterocycles. The van der Waals surface area contributed by atoms with E-state index < -0.39 is 5.54 Å². The molecular formula is C16H26N4O3. The molecule has 0 radical (unpaired) electrons. The summed E-state index contributed by atoms with van der Waals surface area (Å²) in [6.45, 7) is 2.81. The number of hydrogen-bond acceptors (Lipinski definition) is 4. The number of nitrogens with one attached hydrogen (secondary N) is 1. The molecule has 128 valence electrons. The van der Waals surface area contributed by atoms with Crippen LogP contribution in [0.15, 0.2) is 6.20 Å². The predicted molar refractivity (Wildman–Crippen MR) is 85.9 cm³/mol. The van der Waals surface area contributed by atoms with E-state index in [0.717, 1.165) is 17.7 Å². The molecule has 1 saturated heterocycles. The Hall–Kier alpha value is -1.89. The van der Waals surface area contributed by atoms with E-state index in [1.807, 2.05) is 14.0 Å². The quantitative estimate of drug-likeness (QED) is 0.823. The number of methoxy groups -OCH3 is 1. The SMILES string of the molecule is CNC(=O)C1(COC)CCCN1C(=O)CCc1cnn(C)c1C. The van der Waals surface area contributed by atoms with Crippen molar-refractivity contribution in [2.45, 2.75) is 38.1 Å². The van der Waals surface area contributed by atoms with Crippen molar-refractivity contribution in [2.75, 3.05) is 27.3 Å². The van der Waals surface area contributed by atoms with Gasteiger partial charge >= 0.3 is 0 Å². The molecule has 2 heterocycles. The van der Waals surface area contributed by atoms with Crippen LogP contribution in [0.5, 0.6) is 0 Å². The zero-order chi connectivity index (χ0) is 17.0. The lowest BCUT2D eigenvalue weighted by atomic mass is 9.95. The molecule has 0 saturated carbocycles. The average molecular weight is 322 g/mol. The van der Waals surface area contributed by atoms with Crippen molar-refractivity contribution in [2.24, 2.45) is 7.05 Å². The van der Waals surface area contributed by atoms with Crippen LogP contribution in [-0.4, -0.2) is 59.3 Å². The molecule has 1 atom stereocenters.